The van der Waals surface area contributed by atoms with Crippen LogP contribution in [0, 0.1) is 0 Å². The van der Waals surface area contributed by atoms with Crippen molar-refractivity contribution in [1.82, 2.24) is 0 Å². The largest absolute Gasteiger partial charge is 0.294 e. The zero-order chi connectivity index (χ0) is 9.84. The third kappa shape index (κ3) is 2.14. The maximum absolute atomic E-state index is 11.3. The maximum Gasteiger partial charge on any atom is 0.167 e. The molecular formula is C11H14O2. The number of hydrogen-bond donors (Lipinski definition) is 0. The fourth-order valence-corrected chi connectivity index (χ4v) is 1.40. The third-order valence-corrected chi connectivity index (χ3v) is 2.25. The van der Waals surface area contributed by atoms with E-state index in [-0.39, 0.29) is 18.0 Å². The Hall–Kier alpha value is -1.18. The van der Waals surface area contributed by atoms with E-state index in [1.54, 1.807) is 6.92 Å². The van der Waals surface area contributed by atoms with Crippen LogP contribution in [0.15, 0.2) is 23.3 Å². The summed E-state index contributed by atoms with van der Waals surface area (Å²) in [6, 6.07) is 0. The van der Waals surface area contributed by atoms with Crippen LogP contribution in [-0.4, -0.2) is 11.6 Å². The van der Waals surface area contributed by atoms with Gasteiger partial charge in [-0.2, -0.15) is 0 Å². The minimum atomic E-state index is -0.00935. The van der Waals surface area contributed by atoms with Crippen molar-refractivity contribution in [2.45, 2.75) is 33.1 Å². The quantitative estimate of drug-likeness (QED) is 0.490. The Bertz CT molecular complexity index is 295. The van der Waals surface area contributed by atoms with E-state index >= 15 is 0 Å². The Balaban J connectivity index is 2.72. The molecule has 0 bridgehead atoms. The molecule has 13 heavy (non-hydrogen) atoms. The molecule has 0 spiro atoms. The molecular weight excluding hydrogens is 164 g/mol. The Labute approximate surface area is 78.3 Å². The third-order valence-electron chi connectivity index (χ3n) is 2.25. The van der Waals surface area contributed by atoms with E-state index in [0.29, 0.717) is 17.6 Å². The summed E-state index contributed by atoms with van der Waals surface area (Å²) in [6.07, 6.45) is 5.63. The van der Waals surface area contributed by atoms with Gasteiger partial charge in [-0.25, -0.2) is 0 Å². The second-order valence-electron chi connectivity index (χ2n) is 3.21. The molecule has 0 N–H and O–H groups in total. The molecule has 2 nitrogen and oxygen atoms in total. The molecule has 0 saturated heterocycles. The predicted molar refractivity (Wildman–Crippen MR) is 51.4 cm³/mol. The van der Waals surface area contributed by atoms with Crippen LogP contribution in [0.4, 0.5) is 0 Å². The van der Waals surface area contributed by atoms with E-state index in [0.717, 1.165) is 6.42 Å². The Kier molecular flexibility index (Phi) is 3.18. The average molecular weight is 178 g/mol. The van der Waals surface area contributed by atoms with Crippen LogP contribution in [0.1, 0.15) is 33.1 Å². The molecule has 0 radical (unpaired) electrons. The van der Waals surface area contributed by atoms with Gasteiger partial charge in [0.1, 0.15) is 0 Å². The highest BCUT2D eigenvalue weighted by Gasteiger charge is 2.25. The first-order valence-electron chi connectivity index (χ1n) is 4.58. The van der Waals surface area contributed by atoms with Crippen LogP contribution >= 0.6 is 0 Å². The van der Waals surface area contributed by atoms with Gasteiger partial charge in [0.25, 0.3) is 0 Å². The summed E-state index contributed by atoms with van der Waals surface area (Å²) in [5.41, 5.74) is 1.36. The Morgan fingerprint density at radius 2 is 1.92 bits per heavy atom. The fraction of sp³-hybridized carbons (Fsp3) is 0.455. The van der Waals surface area contributed by atoms with Crippen LogP contribution in [-0.2, 0) is 9.59 Å². The zero-order valence-corrected chi connectivity index (χ0v) is 8.09. The van der Waals surface area contributed by atoms with Gasteiger partial charge in [-0.1, -0.05) is 19.1 Å². The van der Waals surface area contributed by atoms with Gasteiger partial charge in [0, 0.05) is 5.57 Å². The number of rotatable bonds is 3. The van der Waals surface area contributed by atoms with Crippen molar-refractivity contribution in [3.05, 3.63) is 23.3 Å². The summed E-state index contributed by atoms with van der Waals surface area (Å²) in [6.45, 7) is 3.78. The first-order chi connectivity index (χ1) is 6.16. The molecule has 1 aliphatic carbocycles. The normalized spacial score (nSPS) is 18.0. The van der Waals surface area contributed by atoms with Gasteiger partial charge < -0.3 is 0 Å². The number of carbonyl (C=O) groups excluding carboxylic acids is 2. The van der Waals surface area contributed by atoms with Gasteiger partial charge in [0.2, 0.25) is 0 Å². The molecule has 0 saturated carbocycles. The monoisotopic (exact) mass is 178 g/mol. The maximum atomic E-state index is 11.3. The minimum Gasteiger partial charge on any atom is -0.294 e. The summed E-state index contributed by atoms with van der Waals surface area (Å²) in [7, 11) is 0. The van der Waals surface area contributed by atoms with Crippen LogP contribution in [0.2, 0.25) is 0 Å². The van der Waals surface area contributed by atoms with Crippen molar-refractivity contribution in [2.75, 3.05) is 0 Å². The van der Waals surface area contributed by atoms with Gasteiger partial charge in [-0.05, 0) is 25.3 Å². The van der Waals surface area contributed by atoms with Crippen molar-refractivity contribution in [3.8, 4) is 0 Å². The van der Waals surface area contributed by atoms with Gasteiger partial charge in [-0.3, -0.25) is 9.59 Å². The lowest BCUT2D eigenvalue weighted by molar-refractivity contribution is -0.121. The first-order valence-corrected chi connectivity index (χ1v) is 4.58. The van der Waals surface area contributed by atoms with Crippen LogP contribution in [0.25, 0.3) is 0 Å². The Morgan fingerprint density at radius 3 is 2.38 bits per heavy atom. The molecule has 1 rings (SSSR count). The first kappa shape index (κ1) is 9.90. The van der Waals surface area contributed by atoms with Gasteiger partial charge in [0.15, 0.2) is 11.6 Å². The number of ketones is 2. The lowest BCUT2D eigenvalue weighted by atomic mass is 10.1. The van der Waals surface area contributed by atoms with Gasteiger partial charge >= 0.3 is 0 Å². The summed E-state index contributed by atoms with van der Waals surface area (Å²) in [4.78, 5) is 22.4. The van der Waals surface area contributed by atoms with E-state index in [1.807, 2.05) is 19.1 Å². The number of hydrogen-bond acceptors (Lipinski definition) is 2. The second kappa shape index (κ2) is 4.17. The lowest BCUT2D eigenvalue weighted by Crippen LogP contribution is -1.96. The lowest BCUT2D eigenvalue weighted by Gasteiger charge is -1.95. The SMILES string of the molecule is CC/C=C/CC1=C(C)C(=O)CC1=O. The molecule has 70 valence electrons. The van der Waals surface area contributed by atoms with Crippen molar-refractivity contribution >= 4 is 11.6 Å². The van der Waals surface area contributed by atoms with E-state index in [2.05, 4.69) is 0 Å². The highest BCUT2D eigenvalue weighted by atomic mass is 16.2. The van der Waals surface area contributed by atoms with E-state index < -0.39 is 0 Å². The summed E-state index contributed by atoms with van der Waals surface area (Å²) >= 11 is 0. The summed E-state index contributed by atoms with van der Waals surface area (Å²) in [5, 5.41) is 0. The van der Waals surface area contributed by atoms with Crippen LogP contribution < -0.4 is 0 Å². The molecule has 0 unspecified atom stereocenters. The van der Waals surface area contributed by atoms with Crippen molar-refractivity contribution in [2.24, 2.45) is 0 Å². The van der Waals surface area contributed by atoms with Crippen LogP contribution in [0.3, 0.4) is 0 Å². The zero-order valence-electron chi connectivity index (χ0n) is 8.09. The molecule has 1 aliphatic rings. The molecule has 0 fully saturated rings. The standard InChI is InChI=1S/C11H14O2/c1-3-4-5-6-9-8(2)10(12)7-11(9)13/h4-5H,3,6-7H2,1-2H3/b5-4+. The highest BCUT2D eigenvalue weighted by molar-refractivity contribution is 6.22. The van der Waals surface area contributed by atoms with E-state index in [9.17, 15) is 9.59 Å². The number of Topliss-reactive ketones (excluding diaryl/α,β-unsaturated/α-hetero) is 2. The van der Waals surface area contributed by atoms with E-state index in [4.69, 9.17) is 0 Å². The topological polar surface area (TPSA) is 34.1 Å². The fourth-order valence-electron chi connectivity index (χ4n) is 1.40. The van der Waals surface area contributed by atoms with E-state index in [1.165, 1.54) is 0 Å². The van der Waals surface area contributed by atoms with Crippen LogP contribution in [0.5, 0.6) is 0 Å². The highest BCUT2D eigenvalue weighted by Crippen LogP contribution is 2.22. The minimum absolute atomic E-state index is 0.00301. The number of carbonyl (C=O) groups is 2. The molecule has 0 aromatic heterocycles. The summed E-state index contributed by atoms with van der Waals surface area (Å²) in [5.74, 6) is -0.00634. The van der Waals surface area contributed by atoms with Gasteiger partial charge in [-0.15, -0.1) is 0 Å². The molecule has 0 atom stereocenters. The second-order valence-corrected chi connectivity index (χ2v) is 3.21. The molecule has 0 aromatic rings. The van der Waals surface area contributed by atoms with Crippen molar-refractivity contribution < 1.29 is 9.59 Å². The molecule has 0 aliphatic heterocycles. The smallest absolute Gasteiger partial charge is 0.167 e. The average Bonchev–Trinajstić information content (AvgIpc) is 2.32. The molecule has 0 amide bonds. The predicted octanol–water partition coefficient (Wildman–Crippen LogP) is 2.20. The van der Waals surface area contributed by atoms with Gasteiger partial charge in [0.05, 0.1) is 6.42 Å². The molecule has 0 heterocycles. The summed E-state index contributed by atoms with van der Waals surface area (Å²) < 4.78 is 0. The Morgan fingerprint density at radius 1 is 1.23 bits per heavy atom. The molecule has 2 heteroatoms. The number of allylic oxidation sites excluding steroid dienone is 4. The van der Waals surface area contributed by atoms with Crippen molar-refractivity contribution in [3.63, 3.8) is 0 Å². The molecule has 0 aromatic carbocycles. The van der Waals surface area contributed by atoms with Crippen molar-refractivity contribution in [1.29, 1.82) is 0 Å².